The SMILES string of the molecule is CCN1CCCN(c2cc(C)nc3c(OC)cccc23)CC1. The summed E-state index contributed by atoms with van der Waals surface area (Å²) in [5, 5.41) is 1.19. The van der Waals surface area contributed by atoms with Crippen LogP contribution in [0.25, 0.3) is 10.9 Å². The second-order valence-corrected chi connectivity index (χ2v) is 5.91. The lowest BCUT2D eigenvalue weighted by atomic mass is 10.1. The number of rotatable bonds is 3. The lowest BCUT2D eigenvalue weighted by Gasteiger charge is -2.25. The molecule has 2 heterocycles. The second kappa shape index (κ2) is 6.53. The van der Waals surface area contributed by atoms with E-state index in [-0.39, 0.29) is 0 Å². The smallest absolute Gasteiger partial charge is 0.145 e. The summed E-state index contributed by atoms with van der Waals surface area (Å²) in [5.74, 6) is 0.854. The molecule has 1 aliphatic rings. The summed E-state index contributed by atoms with van der Waals surface area (Å²) in [6, 6.07) is 8.41. The van der Waals surface area contributed by atoms with Gasteiger partial charge < -0.3 is 14.5 Å². The maximum atomic E-state index is 5.49. The molecule has 0 spiro atoms. The number of nitrogens with zero attached hydrogens (tertiary/aromatic N) is 3. The summed E-state index contributed by atoms with van der Waals surface area (Å²) >= 11 is 0. The van der Waals surface area contributed by atoms with Crippen molar-refractivity contribution in [3.63, 3.8) is 0 Å². The van der Waals surface area contributed by atoms with Gasteiger partial charge in [-0.15, -0.1) is 0 Å². The zero-order chi connectivity index (χ0) is 15.5. The number of para-hydroxylation sites is 1. The number of pyridine rings is 1. The van der Waals surface area contributed by atoms with E-state index in [4.69, 9.17) is 9.72 Å². The van der Waals surface area contributed by atoms with Gasteiger partial charge in [0, 0.05) is 36.4 Å². The Bertz CT molecular complexity index is 656. The van der Waals surface area contributed by atoms with E-state index in [0.29, 0.717) is 0 Å². The predicted molar refractivity (Wildman–Crippen MR) is 92.0 cm³/mol. The van der Waals surface area contributed by atoms with Gasteiger partial charge in [-0.3, -0.25) is 0 Å². The van der Waals surface area contributed by atoms with Crippen molar-refractivity contribution in [2.24, 2.45) is 0 Å². The quantitative estimate of drug-likeness (QED) is 0.871. The van der Waals surface area contributed by atoms with Crippen LogP contribution in [0.1, 0.15) is 19.0 Å². The zero-order valence-corrected chi connectivity index (χ0v) is 13.8. The predicted octanol–water partition coefficient (Wildman–Crippen LogP) is 3.08. The van der Waals surface area contributed by atoms with Crippen molar-refractivity contribution >= 4 is 16.6 Å². The van der Waals surface area contributed by atoms with Crippen molar-refractivity contribution in [2.75, 3.05) is 44.7 Å². The first-order chi connectivity index (χ1) is 10.7. The number of benzene rings is 1. The van der Waals surface area contributed by atoms with E-state index in [1.165, 1.54) is 24.0 Å². The van der Waals surface area contributed by atoms with E-state index in [2.05, 4.69) is 41.8 Å². The summed E-state index contributed by atoms with van der Waals surface area (Å²) in [6.07, 6.45) is 1.21. The van der Waals surface area contributed by atoms with E-state index in [1.54, 1.807) is 7.11 Å². The summed E-state index contributed by atoms with van der Waals surface area (Å²) in [5.41, 5.74) is 3.31. The molecule has 0 N–H and O–H groups in total. The van der Waals surface area contributed by atoms with Gasteiger partial charge in [0.15, 0.2) is 0 Å². The van der Waals surface area contributed by atoms with Gasteiger partial charge in [0.1, 0.15) is 11.3 Å². The van der Waals surface area contributed by atoms with Crippen molar-refractivity contribution in [2.45, 2.75) is 20.3 Å². The van der Waals surface area contributed by atoms with Gasteiger partial charge >= 0.3 is 0 Å². The fourth-order valence-electron chi connectivity index (χ4n) is 3.28. The van der Waals surface area contributed by atoms with E-state index in [0.717, 1.165) is 43.1 Å². The topological polar surface area (TPSA) is 28.6 Å². The Labute approximate surface area is 132 Å². The molecule has 1 aliphatic heterocycles. The average molecular weight is 299 g/mol. The molecule has 1 saturated heterocycles. The number of methoxy groups -OCH3 is 1. The maximum absolute atomic E-state index is 5.49. The summed E-state index contributed by atoms with van der Waals surface area (Å²) in [6.45, 7) is 9.94. The van der Waals surface area contributed by atoms with Crippen LogP contribution in [0.5, 0.6) is 5.75 Å². The summed E-state index contributed by atoms with van der Waals surface area (Å²) in [7, 11) is 1.71. The molecule has 1 fully saturated rings. The van der Waals surface area contributed by atoms with E-state index < -0.39 is 0 Å². The zero-order valence-electron chi connectivity index (χ0n) is 13.8. The number of hydrogen-bond acceptors (Lipinski definition) is 4. The summed E-state index contributed by atoms with van der Waals surface area (Å²) < 4.78 is 5.49. The third-order valence-corrected chi connectivity index (χ3v) is 4.51. The number of anilines is 1. The second-order valence-electron chi connectivity index (χ2n) is 5.91. The Morgan fingerprint density at radius 3 is 2.82 bits per heavy atom. The van der Waals surface area contributed by atoms with Gasteiger partial charge in [-0.25, -0.2) is 4.98 Å². The lowest BCUT2D eigenvalue weighted by Crippen LogP contribution is -2.30. The molecule has 0 bridgehead atoms. The summed E-state index contributed by atoms with van der Waals surface area (Å²) in [4.78, 5) is 9.73. The first kappa shape index (κ1) is 15.1. The largest absolute Gasteiger partial charge is 0.494 e. The molecule has 0 unspecified atom stereocenters. The van der Waals surface area contributed by atoms with Crippen LogP contribution in [0.4, 0.5) is 5.69 Å². The first-order valence-corrected chi connectivity index (χ1v) is 8.14. The molecular formula is C18H25N3O. The molecule has 0 atom stereocenters. The van der Waals surface area contributed by atoms with E-state index >= 15 is 0 Å². The van der Waals surface area contributed by atoms with Crippen molar-refractivity contribution in [1.29, 1.82) is 0 Å². The molecule has 1 aromatic carbocycles. The van der Waals surface area contributed by atoms with Crippen LogP contribution < -0.4 is 9.64 Å². The fraction of sp³-hybridized carbons (Fsp3) is 0.500. The molecule has 0 aliphatic carbocycles. The Morgan fingerprint density at radius 2 is 2.05 bits per heavy atom. The molecular weight excluding hydrogens is 274 g/mol. The van der Waals surface area contributed by atoms with E-state index in [9.17, 15) is 0 Å². The van der Waals surface area contributed by atoms with Gasteiger partial charge in [-0.05, 0) is 38.6 Å². The average Bonchev–Trinajstić information content (AvgIpc) is 2.79. The molecule has 2 aromatic rings. The molecule has 0 amide bonds. The highest BCUT2D eigenvalue weighted by atomic mass is 16.5. The van der Waals surface area contributed by atoms with Crippen LogP contribution >= 0.6 is 0 Å². The van der Waals surface area contributed by atoms with E-state index in [1.807, 2.05) is 6.07 Å². The highest BCUT2D eigenvalue weighted by Gasteiger charge is 2.17. The van der Waals surface area contributed by atoms with Crippen molar-refractivity contribution in [1.82, 2.24) is 9.88 Å². The minimum atomic E-state index is 0.854. The third kappa shape index (κ3) is 2.88. The van der Waals surface area contributed by atoms with Crippen molar-refractivity contribution in [3.05, 3.63) is 30.0 Å². The van der Waals surface area contributed by atoms with Crippen LogP contribution in [0, 0.1) is 6.92 Å². The Hall–Kier alpha value is -1.81. The van der Waals surface area contributed by atoms with Crippen LogP contribution in [-0.4, -0.2) is 49.7 Å². The number of aryl methyl sites for hydroxylation is 1. The number of fused-ring (bicyclic) bond motifs is 1. The highest BCUT2D eigenvalue weighted by Crippen LogP contribution is 2.32. The normalized spacial score (nSPS) is 16.8. The highest BCUT2D eigenvalue weighted by molar-refractivity contribution is 5.95. The number of likely N-dealkylation sites (N-methyl/N-ethyl adjacent to an activating group) is 1. The van der Waals surface area contributed by atoms with Crippen molar-refractivity contribution < 1.29 is 4.74 Å². The molecule has 4 heteroatoms. The van der Waals surface area contributed by atoms with Crippen LogP contribution in [0.15, 0.2) is 24.3 Å². The third-order valence-electron chi connectivity index (χ3n) is 4.51. The minimum Gasteiger partial charge on any atom is -0.494 e. The molecule has 1 aromatic heterocycles. The van der Waals surface area contributed by atoms with Gasteiger partial charge in [0.25, 0.3) is 0 Å². The molecule has 4 nitrogen and oxygen atoms in total. The molecule has 0 saturated carbocycles. The Kier molecular flexibility index (Phi) is 4.48. The first-order valence-electron chi connectivity index (χ1n) is 8.14. The Morgan fingerprint density at radius 1 is 1.18 bits per heavy atom. The minimum absolute atomic E-state index is 0.854. The van der Waals surface area contributed by atoms with Gasteiger partial charge in [0.05, 0.1) is 7.11 Å². The number of hydrogen-bond donors (Lipinski definition) is 0. The van der Waals surface area contributed by atoms with Gasteiger partial charge in [-0.2, -0.15) is 0 Å². The van der Waals surface area contributed by atoms with Crippen LogP contribution in [0.2, 0.25) is 0 Å². The monoisotopic (exact) mass is 299 g/mol. The van der Waals surface area contributed by atoms with Gasteiger partial charge in [-0.1, -0.05) is 19.1 Å². The number of aromatic nitrogens is 1. The standard InChI is InChI=1S/C18H25N3O/c1-4-20-9-6-10-21(12-11-20)16-13-14(2)19-18-15(16)7-5-8-17(18)22-3/h5,7-8,13H,4,6,9-12H2,1-3H3. The molecule has 118 valence electrons. The fourth-order valence-corrected chi connectivity index (χ4v) is 3.28. The van der Waals surface area contributed by atoms with Crippen LogP contribution in [0.3, 0.4) is 0 Å². The maximum Gasteiger partial charge on any atom is 0.145 e. The number of ether oxygens (including phenoxy) is 1. The van der Waals surface area contributed by atoms with Gasteiger partial charge in [0.2, 0.25) is 0 Å². The molecule has 3 rings (SSSR count). The lowest BCUT2D eigenvalue weighted by molar-refractivity contribution is 0.310. The van der Waals surface area contributed by atoms with Crippen molar-refractivity contribution in [3.8, 4) is 5.75 Å². The van der Waals surface area contributed by atoms with Crippen LogP contribution in [-0.2, 0) is 0 Å². The molecule has 22 heavy (non-hydrogen) atoms. The Balaban J connectivity index is 2.03. The molecule has 0 radical (unpaired) electrons.